The Morgan fingerprint density at radius 1 is 1.38 bits per heavy atom. The zero-order valence-electron chi connectivity index (χ0n) is 11.8. The predicted molar refractivity (Wildman–Crippen MR) is 75.0 cm³/mol. The van der Waals surface area contributed by atoms with Gasteiger partial charge in [0.1, 0.15) is 6.04 Å². The Hall–Kier alpha value is -2.41. The van der Waals surface area contributed by atoms with E-state index < -0.39 is 11.9 Å². The minimum Gasteiger partial charge on any atom is -0.340 e. The van der Waals surface area contributed by atoms with Crippen LogP contribution in [0.3, 0.4) is 0 Å². The van der Waals surface area contributed by atoms with Crippen molar-refractivity contribution in [3.05, 3.63) is 29.3 Å². The molecule has 1 aliphatic rings. The molecule has 7 heteroatoms. The van der Waals surface area contributed by atoms with Crippen LogP contribution in [0.2, 0.25) is 0 Å². The standard InChI is InChI=1S/C14H17N3O4/c1-7(2)5-11-14(20)15-10-6-8(12(18)17-21)3-4-9(10)13(19)16-11/h3-4,6-7,11,21H,5H2,1-2H3,(H,15,20)(H,16,19)(H,17,18)/t11-/m1/s1. The number of amides is 3. The van der Waals surface area contributed by atoms with Crippen molar-refractivity contribution in [3.63, 3.8) is 0 Å². The van der Waals surface area contributed by atoms with Crippen LogP contribution in [-0.2, 0) is 4.79 Å². The molecule has 1 aromatic carbocycles. The Morgan fingerprint density at radius 3 is 2.71 bits per heavy atom. The second-order valence-corrected chi connectivity index (χ2v) is 5.35. The van der Waals surface area contributed by atoms with Gasteiger partial charge in [0, 0.05) is 5.56 Å². The Balaban J connectivity index is 2.34. The Labute approximate surface area is 121 Å². The van der Waals surface area contributed by atoms with E-state index in [1.807, 2.05) is 13.8 Å². The molecule has 2 rings (SSSR count). The number of hydrogen-bond acceptors (Lipinski definition) is 4. The van der Waals surface area contributed by atoms with Gasteiger partial charge < -0.3 is 10.6 Å². The minimum atomic E-state index is -0.713. The summed E-state index contributed by atoms with van der Waals surface area (Å²) < 4.78 is 0. The van der Waals surface area contributed by atoms with Crippen LogP contribution in [0.5, 0.6) is 0 Å². The van der Waals surface area contributed by atoms with Gasteiger partial charge in [-0.3, -0.25) is 19.6 Å². The molecule has 21 heavy (non-hydrogen) atoms. The van der Waals surface area contributed by atoms with Crippen molar-refractivity contribution in [2.24, 2.45) is 5.92 Å². The van der Waals surface area contributed by atoms with Gasteiger partial charge in [0.25, 0.3) is 11.8 Å². The van der Waals surface area contributed by atoms with E-state index in [9.17, 15) is 14.4 Å². The van der Waals surface area contributed by atoms with Crippen molar-refractivity contribution in [3.8, 4) is 0 Å². The quantitative estimate of drug-likeness (QED) is 0.490. The molecule has 1 atom stereocenters. The van der Waals surface area contributed by atoms with Crippen molar-refractivity contribution >= 4 is 23.4 Å². The van der Waals surface area contributed by atoms with Crippen molar-refractivity contribution in [1.82, 2.24) is 10.8 Å². The summed E-state index contributed by atoms with van der Waals surface area (Å²) >= 11 is 0. The molecule has 7 nitrogen and oxygen atoms in total. The highest BCUT2D eigenvalue weighted by atomic mass is 16.5. The summed E-state index contributed by atoms with van der Waals surface area (Å²) in [6, 6.07) is 3.59. The fourth-order valence-electron chi connectivity index (χ4n) is 2.21. The Morgan fingerprint density at radius 2 is 2.10 bits per heavy atom. The zero-order chi connectivity index (χ0) is 15.6. The number of anilines is 1. The van der Waals surface area contributed by atoms with Crippen LogP contribution >= 0.6 is 0 Å². The second kappa shape index (κ2) is 5.92. The predicted octanol–water partition coefficient (Wildman–Crippen LogP) is 0.902. The van der Waals surface area contributed by atoms with Crippen LogP contribution in [-0.4, -0.2) is 29.0 Å². The molecule has 0 aromatic heterocycles. The molecule has 1 aliphatic heterocycles. The average Bonchev–Trinajstić information content (AvgIpc) is 2.55. The SMILES string of the molecule is CC(C)C[C@H]1NC(=O)c2ccc(C(=O)NO)cc2NC1=O. The molecule has 1 aromatic rings. The highest BCUT2D eigenvalue weighted by Crippen LogP contribution is 2.22. The summed E-state index contributed by atoms with van der Waals surface area (Å²) in [5, 5.41) is 13.9. The van der Waals surface area contributed by atoms with E-state index in [0.29, 0.717) is 6.42 Å². The highest BCUT2D eigenvalue weighted by Gasteiger charge is 2.28. The molecular weight excluding hydrogens is 274 g/mol. The molecule has 1 heterocycles. The molecular formula is C14H17N3O4. The highest BCUT2D eigenvalue weighted by molar-refractivity contribution is 6.11. The Bertz CT molecular complexity index is 598. The van der Waals surface area contributed by atoms with Crippen LogP contribution in [0.15, 0.2) is 18.2 Å². The molecule has 0 saturated heterocycles. The largest absolute Gasteiger partial charge is 0.340 e. The lowest BCUT2D eigenvalue weighted by Gasteiger charge is -2.16. The van der Waals surface area contributed by atoms with Gasteiger partial charge in [0.05, 0.1) is 11.3 Å². The average molecular weight is 291 g/mol. The van der Waals surface area contributed by atoms with Crippen LogP contribution in [0, 0.1) is 5.92 Å². The molecule has 3 amide bonds. The summed E-state index contributed by atoms with van der Waals surface area (Å²) in [6.07, 6.45) is 0.523. The maximum absolute atomic E-state index is 12.1. The fraction of sp³-hybridized carbons (Fsp3) is 0.357. The summed E-state index contributed by atoms with van der Waals surface area (Å²) in [4.78, 5) is 35.7. The van der Waals surface area contributed by atoms with Crippen molar-refractivity contribution in [2.75, 3.05) is 5.32 Å². The van der Waals surface area contributed by atoms with Crippen LogP contribution in [0.25, 0.3) is 0 Å². The molecule has 112 valence electrons. The first-order valence-corrected chi connectivity index (χ1v) is 6.62. The molecule has 0 saturated carbocycles. The van der Waals surface area contributed by atoms with Gasteiger partial charge in [-0.2, -0.15) is 0 Å². The number of carbonyl (C=O) groups excluding carboxylic acids is 3. The first-order chi connectivity index (χ1) is 9.92. The minimum absolute atomic E-state index is 0.145. The number of fused-ring (bicyclic) bond motifs is 1. The molecule has 0 aliphatic carbocycles. The molecule has 0 unspecified atom stereocenters. The Kier molecular flexibility index (Phi) is 4.23. The summed E-state index contributed by atoms with van der Waals surface area (Å²) in [7, 11) is 0. The lowest BCUT2D eigenvalue weighted by Crippen LogP contribution is -2.41. The van der Waals surface area contributed by atoms with Crippen LogP contribution in [0.4, 0.5) is 5.69 Å². The molecule has 0 fully saturated rings. The number of benzene rings is 1. The second-order valence-electron chi connectivity index (χ2n) is 5.35. The monoisotopic (exact) mass is 291 g/mol. The lowest BCUT2D eigenvalue weighted by atomic mass is 10.0. The summed E-state index contributed by atoms with van der Waals surface area (Å²) in [6.45, 7) is 3.92. The number of rotatable bonds is 3. The van der Waals surface area contributed by atoms with E-state index in [1.165, 1.54) is 23.7 Å². The smallest absolute Gasteiger partial charge is 0.274 e. The first kappa shape index (κ1) is 15.0. The van der Waals surface area contributed by atoms with Gasteiger partial charge in [0.2, 0.25) is 5.91 Å². The molecule has 4 N–H and O–H groups in total. The van der Waals surface area contributed by atoms with Crippen molar-refractivity contribution in [1.29, 1.82) is 0 Å². The third-order valence-electron chi connectivity index (χ3n) is 3.21. The first-order valence-electron chi connectivity index (χ1n) is 6.62. The third-order valence-corrected chi connectivity index (χ3v) is 3.21. The number of hydrogen-bond donors (Lipinski definition) is 4. The van der Waals surface area contributed by atoms with E-state index >= 15 is 0 Å². The van der Waals surface area contributed by atoms with E-state index in [0.717, 1.165) is 0 Å². The van der Waals surface area contributed by atoms with E-state index in [2.05, 4.69) is 10.6 Å². The van der Waals surface area contributed by atoms with E-state index in [-0.39, 0.29) is 34.5 Å². The topological polar surface area (TPSA) is 108 Å². The number of nitrogens with one attached hydrogen (secondary N) is 3. The molecule has 0 bridgehead atoms. The van der Waals surface area contributed by atoms with Crippen LogP contribution in [0.1, 0.15) is 41.0 Å². The maximum Gasteiger partial charge on any atom is 0.274 e. The summed E-state index contributed by atoms with van der Waals surface area (Å²) in [5.74, 6) is -1.16. The van der Waals surface area contributed by atoms with E-state index in [1.54, 1.807) is 0 Å². The normalized spacial score (nSPS) is 17.6. The molecule has 0 spiro atoms. The van der Waals surface area contributed by atoms with Gasteiger partial charge >= 0.3 is 0 Å². The van der Waals surface area contributed by atoms with Gasteiger partial charge in [-0.05, 0) is 30.5 Å². The summed E-state index contributed by atoms with van der Waals surface area (Å²) in [5.41, 5.74) is 2.19. The van der Waals surface area contributed by atoms with Crippen molar-refractivity contribution in [2.45, 2.75) is 26.3 Å². The van der Waals surface area contributed by atoms with E-state index in [4.69, 9.17) is 5.21 Å². The number of hydroxylamine groups is 1. The van der Waals surface area contributed by atoms with Gasteiger partial charge in [0.15, 0.2) is 0 Å². The third kappa shape index (κ3) is 3.19. The maximum atomic E-state index is 12.1. The van der Waals surface area contributed by atoms with Crippen LogP contribution < -0.4 is 16.1 Å². The number of carbonyl (C=O) groups is 3. The zero-order valence-corrected chi connectivity index (χ0v) is 11.8. The molecule has 0 radical (unpaired) electrons. The van der Waals surface area contributed by atoms with Crippen molar-refractivity contribution < 1.29 is 19.6 Å². The van der Waals surface area contributed by atoms with Gasteiger partial charge in [-0.25, -0.2) is 5.48 Å². The lowest BCUT2D eigenvalue weighted by molar-refractivity contribution is -0.118. The fourth-order valence-corrected chi connectivity index (χ4v) is 2.21. The van der Waals surface area contributed by atoms with Gasteiger partial charge in [-0.15, -0.1) is 0 Å². The van der Waals surface area contributed by atoms with Gasteiger partial charge in [-0.1, -0.05) is 13.8 Å².